The minimum Gasteiger partial charge on any atom is -0.496 e. The van der Waals surface area contributed by atoms with Gasteiger partial charge in [0.1, 0.15) is 11.4 Å². The van der Waals surface area contributed by atoms with Crippen LogP contribution >= 0.6 is 0 Å². The second-order valence-corrected chi connectivity index (χ2v) is 2.60. The fraction of sp³-hybridized carbons (Fsp3) is 0.111. The lowest BCUT2D eigenvalue weighted by molar-refractivity contribution is 0.419. The summed E-state index contributed by atoms with van der Waals surface area (Å²) in [7, 11) is 1.53. The molecule has 0 bridgehead atoms. The third-order valence-corrected chi connectivity index (χ3v) is 1.80. The summed E-state index contributed by atoms with van der Waals surface area (Å²) in [5.74, 6) is 0.548. The number of aromatic amines is 1. The largest absolute Gasteiger partial charge is 0.496 e. The van der Waals surface area contributed by atoms with E-state index in [-0.39, 0.29) is 5.56 Å². The van der Waals surface area contributed by atoms with Gasteiger partial charge in [0, 0.05) is 12.3 Å². The number of fused-ring (bicyclic) bond motifs is 1. The Balaban J connectivity index is 2.89. The quantitative estimate of drug-likeness (QED) is 0.703. The van der Waals surface area contributed by atoms with E-state index in [1.54, 1.807) is 12.3 Å². The van der Waals surface area contributed by atoms with Crippen molar-refractivity contribution in [1.82, 2.24) is 9.97 Å². The third-order valence-electron chi connectivity index (χ3n) is 1.80. The molecule has 2 rings (SSSR count). The first-order valence-electron chi connectivity index (χ1n) is 3.83. The third kappa shape index (κ3) is 1.26. The van der Waals surface area contributed by atoms with E-state index in [9.17, 15) is 4.79 Å². The molecule has 0 saturated heterocycles. The number of rotatable bonds is 1. The molecule has 0 fully saturated rings. The minimum absolute atomic E-state index is 0.206. The summed E-state index contributed by atoms with van der Waals surface area (Å²) >= 11 is 0. The molecule has 4 heteroatoms. The van der Waals surface area contributed by atoms with Crippen LogP contribution in [0.25, 0.3) is 11.0 Å². The lowest BCUT2D eigenvalue weighted by Crippen LogP contribution is -2.05. The normalized spacial score (nSPS) is 10.2. The molecule has 0 aromatic carbocycles. The van der Waals surface area contributed by atoms with Crippen molar-refractivity contribution in [1.29, 1.82) is 0 Å². The number of nitrogens with zero attached hydrogens (tertiary/aromatic N) is 1. The topological polar surface area (TPSA) is 55.0 Å². The first-order chi connectivity index (χ1) is 6.31. The molecule has 2 aromatic heterocycles. The SMILES string of the molecule is COc1cc(=O)[nH]c2ncccc12. The van der Waals surface area contributed by atoms with Crippen LogP contribution in [0, 0.1) is 0 Å². The first-order valence-corrected chi connectivity index (χ1v) is 3.83. The van der Waals surface area contributed by atoms with Crippen molar-refractivity contribution >= 4 is 11.0 Å². The van der Waals surface area contributed by atoms with Crippen LogP contribution in [0.5, 0.6) is 5.75 Å². The Morgan fingerprint density at radius 2 is 2.38 bits per heavy atom. The van der Waals surface area contributed by atoms with E-state index in [4.69, 9.17) is 4.74 Å². The molecule has 0 saturated carbocycles. The van der Waals surface area contributed by atoms with Gasteiger partial charge in [-0.15, -0.1) is 0 Å². The van der Waals surface area contributed by atoms with Gasteiger partial charge in [-0.25, -0.2) is 4.98 Å². The maximum Gasteiger partial charge on any atom is 0.253 e. The van der Waals surface area contributed by atoms with Gasteiger partial charge in [0.2, 0.25) is 0 Å². The van der Waals surface area contributed by atoms with E-state index in [0.717, 1.165) is 5.39 Å². The maximum atomic E-state index is 11.1. The molecule has 66 valence electrons. The molecule has 2 aromatic rings. The molecule has 0 aliphatic carbocycles. The molecular formula is C9H8N2O2. The first kappa shape index (κ1) is 7.79. The number of aromatic nitrogens is 2. The van der Waals surface area contributed by atoms with Gasteiger partial charge in [0.05, 0.1) is 12.5 Å². The highest BCUT2D eigenvalue weighted by Crippen LogP contribution is 2.18. The zero-order valence-corrected chi connectivity index (χ0v) is 7.07. The van der Waals surface area contributed by atoms with Crippen LogP contribution in [-0.4, -0.2) is 17.1 Å². The van der Waals surface area contributed by atoms with E-state index < -0.39 is 0 Å². The maximum absolute atomic E-state index is 11.1. The summed E-state index contributed by atoms with van der Waals surface area (Å²) in [5.41, 5.74) is 0.343. The molecule has 0 amide bonds. The standard InChI is InChI=1S/C9H8N2O2/c1-13-7-5-8(12)11-9-6(7)3-2-4-10-9/h2-5H,1H3,(H,10,11,12). The van der Waals surface area contributed by atoms with Gasteiger partial charge in [-0.1, -0.05) is 0 Å². The molecule has 0 aliphatic rings. The Kier molecular flexibility index (Phi) is 1.73. The van der Waals surface area contributed by atoms with Gasteiger partial charge < -0.3 is 9.72 Å². The van der Waals surface area contributed by atoms with Gasteiger partial charge in [-0.2, -0.15) is 0 Å². The highest BCUT2D eigenvalue weighted by Gasteiger charge is 2.02. The van der Waals surface area contributed by atoms with Crippen molar-refractivity contribution in [3.05, 3.63) is 34.7 Å². The highest BCUT2D eigenvalue weighted by molar-refractivity contribution is 5.81. The van der Waals surface area contributed by atoms with E-state index in [0.29, 0.717) is 11.4 Å². The summed E-state index contributed by atoms with van der Waals surface area (Å²) in [6.07, 6.45) is 1.62. The van der Waals surface area contributed by atoms with E-state index in [2.05, 4.69) is 9.97 Å². The Morgan fingerprint density at radius 1 is 1.54 bits per heavy atom. The van der Waals surface area contributed by atoms with Crippen molar-refractivity contribution in [2.45, 2.75) is 0 Å². The van der Waals surface area contributed by atoms with Crippen molar-refractivity contribution < 1.29 is 4.74 Å². The van der Waals surface area contributed by atoms with Crippen molar-refractivity contribution in [3.8, 4) is 5.75 Å². The van der Waals surface area contributed by atoms with Crippen LogP contribution in [0.4, 0.5) is 0 Å². The zero-order valence-electron chi connectivity index (χ0n) is 7.07. The molecule has 1 N–H and O–H groups in total. The molecule has 2 heterocycles. The molecule has 0 spiro atoms. The van der Waals surface area contributed by atoms with Crippen LogP contribution in [0.2, 0.25) is 0 Å². The van der Waals surface area contributed by atoms with Crippen LogP contribution in [0.1, 0.15) is 0 Å². The number of hydrogen-bond acceptors (Lipinski definition) is 3. The fourth-order valence-corrected chi connectivity index (χ4v) is 1.22. The molecule has 13 heavy (non-hydrogen) atoms. The Bertz CT molecular complexity index is 490. The van der Waals surface area contributed by atoms with E-state index in [1.165, 1.54) is 13.2 Å². The summed E-state index contributed by atoms with van der Waals surface area (Å²) in [6, 6.07) is 5.05. The van der Waals surface area contributed by atoms with Crippen molar-refractivity contribution in [2.75, 3.05) is 7.11 Å². The predicted molar refractivity (Wildman–Crippen MR) is 48.9 cm³/mol. The van der Waals surface area contributed by atoms with Gasteiger partial charge >= 0.3 is 0 Å². The summed E-state index contributed by atoms with van der Waals surface area (Å²) in [4.78, 5) is 17.7. The summed E-state index contributed by atoms with van der Waals surface area (Å²) in [6.45, 7) is 0. The summed E-state index contributed by atoms with van der Waals surface area (Å²) < 4.78 is 5.05. The number of H-pyrrole nitrogens is 1. The molecule has 0 unspecified atom stereocenters. The zero-order chi connectivity index (χ0) is 9.26. The number of pyridine rings is 2. The molecular weight excluding hydrogens is 168 g/mol. The van der Waals surface area contributed by atoms with Gasteiger partial charge in [0.25, 0.3) is 5.56 Å². The number of nitrogens with one attached hydrogen (secondary N) is 1. The Morgan fingerprint density at radius 3 is 3.15 bits per heavy atom. The minimum atomic E-state index is -0.206. The summed E-state index contributed by atoms with van der Waals surface area (Å²) in [5, 5.41) is 0.810. The van der Waals surface area contributed by atoms with Gasteiger partial charge in [-0.3, -0.25) is 4.79 Å². The molecule has 4 nitrogen and oxygen atoms in total. The van der Waals surface area contributed by atoms with Crippen molar-refractivity contribution in [3.63, 3.8) is 0 Å². The highest BCUT2D eigenvalue weighted by atomic mass is 16.5. The average molecular weight is 176 g/mol. The van der Waals surface area contributed by atoms with Gasteiger partial charge in [-0.05, 0) is 12.1 Å². The second kappa shape index (κ2) is 2.90. The van der Waals surface area contributed by atoms with Gasteiger partial charge in [0.15, 0.2) is 0 Å². The molecule has 0 radical (unpaired) electrons. The number of methoxy groups -OCH3 is 1. The predicted octanol–water partition coefficient (Wildman–Crippen LogP) is 0.932. The Hall–Kier alpha value is -1.84. The lowest BCUT2D eigenvalue weighted by atomic mass is 10.3. The van der Waals surface area contributed by atoms with E-state index >= 15 is 0 Å². The molecule has 0 atom stereocenters. The van der Waals surface area contributed by atoms with Crippen LogP contribution < -0.4 is 10.3 Å². The lowest BCUT2D eigenvalue weighted by Gasteiger charge is -2.02. The number of hydrogen-bond donors (Lipinski definition) is 1. The van der Waals surface area contributed by atoms with Crippen molar-refractivity contribution in [2.24, 2.45) is 0 Å². The smallest absolute Gasteiger partial charge is 0.253 e. The van der Waals surface area contributed by atoms with Crippen LogP contribution in [-0.2, 0) is 0 Å². The Labute approximate surface area is 74.2 Å². The van der Waals surface area contributed by atoms with Crippen LogP contribution in [0.15, 0.2) is 29.2 Å². The average Bonchev–Trinajstić information content (AvgIpc) is 2.16. The molecule has 0 aliphatic heterocycles. The van der Waals surface area contributed by atoms with Crippen LogP contribution in [0.3, 0.4) is 0 Å². The van der Waals surface area contributed by atoms with E-state index in [1.807, 2.05) is 6.07 Å². The second-order valence-electron chi connectivity index (χ2n) is 2.60. The fourth-order valence-electron chi connectivity index (χ4n) is 1.22. The monoisotopic (exact) mass is 176 g/mol. The number of ether oxygens (including phenoxy) is 1.